The molecule has 0 unspecified atom stereocenters. The number of anilines is 1. The fraction of sp³-hybridized carbons (Fsp3) is 0.214. The Morgan fingerprint density at radius 3 is 2.86 bits per heavy atom. The molecule has 0 atom stereocenters. The second-order valence-corrected chi connectivity index (χ2v) is 4.92. The number of nitro benzene ring substituents is 1. The number of nitrogens with one attached hydrogen (secondary N) is 1. The lowest BCUT2D eigenvalue weighted by Crippen LogP contribution is -2.07. The number of non-ortho nitro benzene ring substituents is 1. The molecule has 0 bridgehead atoms. The van der Waals surface area contributed by atoms with Crippen LogP contribution in [0.5, 0.6) is 0 Å². The summed E-state index contributed by atoms with van der Waals surface area (Å²) >= 11 is 0. The Morgan fingerprint density at radius 1 is 1.36 bits per heavy atom. The summed E-state index contributed by atoms with van der Waals surface area (Å²) in [7, 11) is 1.81. The predicted octanol–water partition coefficient (Wildman–Crippen LogP) is 2.19. The van der Waals surface area contributed by atoms with Crippen LogP contribution in [0.4, 0.5) is 11.4 Å². The molecule has 0 radical (unpaired) electrons. The van der Waals surface area contributed by atoms with Crippen molar-refractivity contribution in [3.63, 3.8) is 0 Å². The number of aromatic nitrogens is 4. The third-order valence-electron chi connectivity index (χ3n) is 3.37. The van der Waals surface area contributed by atoms with Crippen LogP contribution in [0, 0.1) is 17.0 Å². The lowest BCUT2D eigenvalue weighted by atomic mass is 10.1. The molecule has 8 heteroatoms. The number of aryl methyl sites for hydroxylation is 2. The van der Waals surface area contributed by atoms with Crippen molar-refractivity contribution in [1.82, 2.24) is 19.7 Å². The maximum atomic E-state index is 11.0. The number of fused-ring (bicyclic) bond motifs is 1. The van der Waals surface area contributed by atoms with Gasteiger partial charge in [0.05, 0.1) is 17.0 Å². The lowest BCUT2D eigenvalue weighted by molar-refractivity contribution is -0.384. The molecule has 1 N–H and O–H groups in total. The zero-order valence-corrected chi connectivity index (χ0v) is 12.1. The Bertz CT molecular complexity index is 858. The summed E-state index contributed by atoms with van der Waals surface area (Å²) in [5.74, 6) is 0.771. The Hall–Kier alpha value is -3.03. The number of pyridine rings is 1. The van der Waals surface area contributed by atoms with E-state index in [1.165, 1.54) is 18.5 Å². The van der Waals surface area contributed by atoms with Gasteiger partial charge in [0.25, 0.3) is 5.69 Å². The third-order valence-corrected chi connectivity index (χ3v) is 3.37. The molecular formula is C14H14N6O2. The molecule has 22 heavy (non-hydrogen) atoms. The van der Waals surface area contributed by atoms with E-state index in [9.17, 15) is 10.1 Å². The van der Waals surface area contributed by atoms with Crippen molar-refractivity contribution < 1.29 is 4.92 Å². The highest BCUT2D eigenvalue weighted by atomic mass is 16.6. The van der Waals surface area contributed by atoms with E-state index in [0.717, 1.165) is 17.2 Å². The van der Waals surface area contributed by atoms with Crippen LogP contribution in [-0.2, 0) is 13.6 Å². The van der Waals surface area contributed by atoms with Crippen molar-refractivity contribution in [2.45, 2.75) is 13.5 Å². The zero-order valence-electron chi connectivity index (χ0n) is 12.1. The first-order valence-electron chi connectivity index (χ1n) is 6.67. The van der Waals surface area contributed by atoms with E-state index in [2.05, 4.69) is 20.4 Å². The molecule has 0 spiro atoms. The molecule has 0 aliphatic carbocycles. The molecule has 0 fully saturated rings. The summed E-state index contributed by atoms with van der Waals surface area (Å²) in [5.41, 5.74) is 2.38. The molecule has 2 aromatic heterocycles. The van der Waals surface area contributed by atoms with Gasteiger partial charge in [-0.15, -0.1) is 0 Å². The largest absolute Gasteiger partial charge is 0.377 e. The Morgan fingerprint density at radius 2 is 2.18 bits per heavy atom. The lowest BCUT2D eigenvalue weighted by Gasteiger charge is -2.10. The fourth-order valence-electron chi connectivity index (χ4n) is 2.26. The molecule has 112 valence electrons. The van der Waals surface area contributed by atoms with E-state index in [1.807, 2.05) is 20.0 Å². The van der Waals surface area contributed by atoms with Gasteiger partial charge in [0, 0.05) is 35.9 Å². The normalized spacial score (nSPS) is 10.8. The van der Waals surface area contributed by atoms with Crippen LogP contribution in [0.25, 0.3) is 10.9 Å². The summed E-state index contributed by atoms with van der Waals surface area (Å²) in [6, 6.07) is 6.51. The van der Waals surface area contributed by atoms with Crippen molar-refractivity contribution in [2.24, 2.45) is 7.05 Å². The number of nitrogens with zero attached hydrogens (tertiary/aromatic N) is 5. The van der Waals surface area contributed by atoms with E-state index in [4.69, 9.17) is 0 Å². The van der Waals surface area contributed by atoms with E-state index in [1.54, 1.807) is 10.7 Å². The molecule has 1 aromatic carbocycles. The molecule has 0 aliphatic rings. The molecule has 3 rings (SSSR count). The van der Waals surface area contributed by atoms with E-state index in [-0.39, 0.29) is 5.69 Å². The Labute approximate surface area is 126 Å². The van der Waals surface area contributed by atoms with Gasteiger partial charge in [0.15, 0.2) is 0 Å². The highest BCUT2D eigenvalue weighted by Gasteiger charge is 2.11. The van der Waals surface area contributed by atoms with Crippen LogP contribution >= 0.6 is 0 Å². The van der Waals surface area contributed by atoms with E-state index >= 15 is 0 Å². The van der Waals surface area contributed by atoms with Crippen LogP contribution in [0.1, 0.15) is 11.5 Å². The quantitative estimate of drug-likeness (QED) is 0.585. The van der Waals surface area contributed by atoms with Crippen LogP contribution < -0.4 is 5.32 Å². The zero-order chi connectivity index (χ0) is 15.7. The second kappa shape index (κ2) is 5.40. The van der Waals surface area contributed by atoms with Crippen LogP contribution in [-0.4, -0.2) is 24.7 Å². The monoisotopic (exact) mass is 298 g/mol. The highest BCUT2D eigenvalue weighted by molar-refractivity contribution is 5.93. The molecule has 0 saturated heterocycles. The van der Waals surface area contributed by atoms with Gasteiger partial charge in [-0.2, -0.15) is 5.10 Å². The first kappa shape index (κ1) is 13.9. The second-order valence-electron chi connectivity index (χ2n) is 4.92. The van der Waals surface area contributed by atoms with E-state index in [0.29, 0.717) is 17.4 Å². The van der Waals surface area contributed by atoms with Crippen molar-refractivity contribution in [3.05, 3.63) is 52.2 Å². The maximum absolute atomic E-state index is 11.0. The number of rotatable bonds is 4. The van der Waals surface area contributed by atoms with Gasteiger partial charge in [-0.1, -0.05) is 0 Å². The minimum atomic E-state index is -0.411. The van der Waals surface area contributed by atoms with Gasteiger partial charge in [-0.3, -0.25) is 19.8 Å². The van der Waals surface area contributed by atoms with Gasteiger partial charge in [0.2, 0.25) is 0 Å². The number of hydrogen-bond acceptors (Lipinski definition) is 6. The van der Waals surface area contributed by atoms with Crippen molar-refractivity contribution in [3.8, 4) is 0 Å². The smallest absolute Gasteiger partial charge is 0.270 e. The Balaban J connectivity index is 2.01. The average molecular weight is 298 g/mol. The summed E-state index contributed by atoms with van der Waals surface area (Å²) < 4.78 is 1.67. The molecule has 8 nitrogen and oxygen atoms in total. The van der Waals surface area contributed by atoms with E-state index < -0.39 is 4.92 Å². The maximum Gasteiger partial charge on any atom is 0.270 e. The number of hydrogen-bond donors (Lipinski definition) is 1. The molecule has 3 aromatic rings. The Kier molecular flexibility index (Phi) is 3.42. The summed E-state index contributed by atoms with van der Waals surface area (Å²) in [6.07, 6.45) is 1.48. The summed E-state index contributed by atoms with van der Waals surface area (Å²) in [4.78, 5) is 19.1. The highest BCUT2D eigenvalue weighted by Crippen LogP contribution is 2.27. The standard InChI is InChI=1S/C14H14N6O2/c1-9-5-13(15-7-14-16-8-17-19(14)2)11-6-10(20(21)22)3-4-12(11)18-9/h3-6,8H,7H2,1-2H3,(H,15,18). The van der Waals surface area contributed by atoms with Crippen LogP contribution in [0.2, 0.25) is 0 Å². The molecule has 0 saturated carbocycles. The molecule has 0 amide bonds. The predicted molar refractivity (Wildman–Crippen MR) is 81.5 cm³/mol. The minimum absolute atomic E-state index is 0.0415. The summed E-state index contributed by atoms with van der Waals surface area (Å²) in [5, 5.41) is 18.9. The van der Waals surface area contributed by atoms with Gasteiger partial charge in [-0.05, 0) is 19.1 Å². The molecular weight excluding hydrogens is 284 g/mol. The third kappa shape index (κ3) is 2.58. The summed E-state index contributed by atoms with van der Waals surface area (Å²) in [6.45, 7) is 2.35. The first-order chi connectivity index (χ1) is 10.5. The molecule has 0 aliphatic heterocycles. The van der Waals surface area contributed by atoms with Crippen molar-refractivity contribution in [2.75, 3.05) is 5.32 Å². The van der Waals surface area contributed by atoms with Crippen LogP contribution in [0.15, 0.2) is 30.6 Å². The first-order valence-corrected chi connectivity index (χ1v) is 6.67. The number of benzene rings is 1. The topological polar surface area (TPSA) is 98.8 Å². The SMILES string of the molecule is Cc1cc(NCc2ncnn2C)c2cc([N+](=O)[O-])ccc2n1. The van der Waals surface area contributed by atoms with Gasteiger partial charge in [0.1, 0.15) is 12.2 Å². The van der Waals surface area contributed by atoms with Crippen LogP contribution in [0.3, 0.4) is 0 Å². The van der Waals surface area contributed by atoms with Crippen molar-refractivity contribution >= 4 is 22.3 Å². The van der Waals surface area contributed by atoms with Gasteiger partial charge in [-0.25, -0.2) is 4.98 Å². The fourth-order valence-corrected chi connectivity index (χ4v) is 2.26. The van der Waals surface area contributed by atoms with Gasteiger partial charge < -0.3 is 5.32 Å². The average Bonchev–Trinajstić information content (AvgIpc) is 2.89. The molecule has 2 heterocycles. The van der Waals surface area contributed by atoms with Gasteiger partial charge >= 0.3 is 0 Å². The van der Waals surface area contributed by atoms with Crippen molar-refractivity contribution in [1.29, 1.82) is 0 Å². The number of nitro groups is 1. The minimum Gasteiger partial charge on any atom is -0.377 e.